The number of ether oxygens (including phenoxy) is 2. The topological polar surface area (TPSA) is 93.9 Å². The van der Waals surface area contributed by atoms with Gasteiger partial charge in [-0.3, -0.25) is 4.98 Å². The quantitative estimate of drug-likeness (QED) is 0.387. The van der Waals surface area contributed by atoms with Gasteiger partial charge < -0.3 is 24.1 Å². The molecule has 2 amide bonds. The summed E-state index contributed by atoms with van der Waals surface area (Å²) in [5.41, 5.74) is -1.61. The minimum atomic E-state index is -5.10. The van der Waals surface area contributed by atoms with Crippen molar-refractivity contribution in [2.45, 2.75) is 52.1 Å². The number of halogens is 6. The van der Waals surface area contributed by atoms with Crippen LogP contribution in [0, 0.1) is 5.41 Å². The van der Waals surface area contributed by atoms with E-state index in [0.717, 1.165) is 12.3 Å². The first-order valence-electron chi connectivity index (χ1n) is 11.7. The third-order valence-electron chi connectivity index (χ3n) is 5.89. The first-order valence-corrected chi connectivity index (χ1v) is 11.7. The molecule has 3 heterocycles. The van der Waals surface area contributed by atoms with Crippen LogP contribution >= 0.6 is 0 Å². The number of methoxy groups -OCH3 is 2. The van der Waals surface area contributed by atoms with E-state index in [-0.39, 0.29) is 27.8 Å². The van der Waals surface area contributed by atoms with Gasteiger partial charge in [0.1, 0.15) is 11.8 Å². The van der Waals surface area contributed by atoms with E-state index >= 15 is 0 Å². The summed E-state index contributed by atoms with van der Waals surface area (Å²) in [5.74, 6) is 0.145. The Hall–Kier alpha value is -3.78. The van der Waals surface area contributed by atoms with Crippen molar-refractivity contribution in [2.24, 2.45) is 5.41 Å². The lowest BCUT2D eigenvalue weighted by Crippen LogP contribution is -2.57. The van der Waals surface area contributed by atoms with Crippen molar-refractivity contribution in [3.05, 3.63) is 36.5 Å². The summed E-state index contributed by atoms with van der Waals surface area (Å²) in [5, 5.41) is 1.74. The number of pyridine rings is 1. The Bertz CT molecular complexity index is 1300. The highest BCUT2D eigenvalue weighted by atomic mass is 19.4. The number of fused-ring (bicyclic) bond motifs is 1. The third-order valence-corrected chi connectivity index (χ3v) is 5.89. The van der Waals surface area contributed by atoms with Gasteiger partial charge in [-0.05, 0) is 18.4 Å². The summed E-state index contributed by atoms with van der Waals surface area (Å²) in [6.45, 7) is 4.32. The number of imidazole rings is 1. The van der Waals surface area contributed by atoms with Crippen LogP contribution in [0.2, 0.25) is 0 Å². The van der Waals surface area contributed by atoms with Crippen LogP contribution in [-0.2, 0) is 0 Å². The molecule has 39 heavy (non-hydrogen) atoms. The first-order chi connectivity index (χ1) is 18.0. The molecule has 0 radical (unpaired) electrons. The lowest BCUT2D eigenvalue weighted by molar-refractivity contribution is -0.184. The summed E-state index contributed by atoms with van der Waals surface area (Å²) in [4.78, 5) is 25.5. The Morgan fingerprint density at radius 3 is 2.26 bits per heavy atom. The standard InChI is InChI=1S/C24H28F6N6O3/c1-7-36(21(37)34-20(22(2,3)4)24(28,29)30)17(23(25,26)27)14-10-13(16(38-5)11-32-14)15-12-35-9-8-31-18(35)19(33-15)39-6/h8-12,17,20H,7H2,1-6H3,(H,34,37)/t17-,20-/m0/s1. The lowest BCUT2D eigenvalue weighted by atomic mass is 9.86. The number of hydrogen-bond donors (Lipinski definition) is 1. The van der Waals surface area contributed by atoms with Crippen molar-refractivity contribution in [1.29, 1.82) is 0 Å². The fraction of sp³-hybridized carbons (Fsp3) is 0.500. The number of aromatic nitrogens is 4. The Kier molecular flexibility index (Phi) is 8.22. The zero-order valence-electron chi connectivity index (χ0n) is 22.0. The maximum absolute atomic E-state index is 14.4. The molecular weight excluding hydrogens is 534 g/mol. The molecule has 0 saturated carbocycles. The molecule has 0 aliphatic carbocycles. The molecule has 0 aromatic carbocycles. The number of carbonyl (C=O) groups is 1. The van der Waals surface area contributed by atoms with Crippen molar-refractivity contribution in [3.63, 3.8) is 0 Å². The average Bonchev–Trinajstić information content (AvgIpc) is 3.31. The predicted octanol–water partition coefficient (Wildman–Crippen LogP) is 5.42. The number of rotatable bonds is 7. The van der Waals surface area contributed by atoms with E-state index in [9.17, 15) is 31.1 Å². The van der Waals surface area contributed by atoms with E-state index in [2.05, 4.69) is 15.0 Å². The van der Waals surface area contributed by atoms with Gasteiger partial charge in [0.2, 0.25) is 0 Å². The van der Waals surface area contributed by atoms with E-state index in [4.69, 9.17) is 9.47 Å². The van der Waals surface area contributed by atoms with Crippen LogP contribution in [0.5, 0.6) is 11.6 Å². The maximum Gasteiger partial charge on any atom is 0.414 e. The van der Waals surface area contributed by atoms with Crippen LogP contribution in [0.25, 0.3) is 16.9 Å². The highest BCUT2D eigenvalue weighted by Crippen LogP contribution is 2.41. The maximum atomic E-state index is 14.4. The second-order valence-electron chi connectivity index (χ2n) is 9.62. The summed E-state index contributed by atoms with van der Waals surface area (Å²) in [6, 6.07) is -5.60. The van der Waals surface area contributed by atoms with Crippen molar-refractivity contribution in [3.8, 4) is 22.9 Å². The molecule has 1 N–H and O–H groups in total. The normalized spacial score (nSPS) is 14.2. The van der Waals surface area contributed by atoms with E-state index in [0.29, 0.717) is 5.65 Å². The summed E-state index contributed by atoms with van der Waals surface area (Å²) < 4.78 is 96.4. The van der Waals surface area contributed by atoms with Crippen molar-refractivity contribution in [2.75, 3.05) is 20.8 Å². The number of hydrogen-bond acceptors (Lipinski definition) is 6. The molecule has 3 aromatic rings. The van der Waals surface area contributed by atoms with Crippen molar-refractivity contribution < 1.29 is 40.6 Å². The molecule has 0 spiro atoms. The van der Waals surface area contributed by atoms with Crippen LogP contribution in [0.3, 0.4) is 0 Å². The van der Waals surface area contributed by atoms with Crippen LogP contribution in [0.1, 0.15) is 39.4 Å². The van der Waals surface area contributed by atoms with Gasteiger partial charge in [0, 0.05) is 30.7 Å². The van der Waals surface area contributed by atoms with Gasteiger partial charge in [0.25, 0.3) is 5.88 Å². The molecule has 0 saturated heterocycles. The molecule has 214 valence electrons. The SMILES string of the molecule is CCN(C(=O)N[C@@H](C(C)(C)C)C(F)(F)F)[C@@H](c1cc(-c2cn3ccnc3c(OC)n2)c(OC)cn1)C(F)(F)F. The minimum absolute atomic E-state index is 0.0612. The Morgan fingerprint density at radius 2 is 1.74 bits per heavy atom. The van der Waals surface area contributed by atoms with Gasteiger partial charge in [-0.1, -0.05) is 20.8 Å². The van der Waals surface area contributed by atoms with E-state index in [1.54, 1.807) is 11.5 Å². The number of carbonyl (C=O) groups excluding carboxylic acids is 1. The zero-order chi connectivity index (χ0) is 29.3. The fourth-order valence-corrected chi connectivity index (χ4v) is 4.08. The number of nitrogens with zero attached hydrogens (tertiary/aromatic N) is 5. The molecule has 0 fully saturated rings. The number of nitrogens with one attached hydrogen (secondary N) is 1. The van der Waals surface area contributed by atoms with E-state index in [1.807, 2.05) is 0 Å². The van der Waals surface area contributed by atoms with E-state index in [1.165, 1.54) is 58.7 Å². The molecule has 0 aliphatic rings. The Morgan fingerprint density at radius 1 is 1.08 bits per heavy atom. The van der Waals surface area contributed by atoms with Gasteiger partial charge in [-0.25, -0.2) is 14.8 Å². The lowest BCUT2D eigenvalue weighted by Gasteiger charge is -2.37. The molecule has 0 aliphatic heterocycles. The van der Waals surface area contributed by atoms with Crippen LogP contribution < -0.4 is 14.8 Å². The van der Waals surface area contributed by atoms with Crippen molar-refractivity contribution >= 4 is 11.7 Å². The second kappa shape index (κ2) is 10.8. The van der Waals surface area contributed by atoms with Crippen LogP contribution in [0.4, 0.5) is 31.1 Å². The second-order valence-corrected chi connectivity index (χ2v) is 9.62. The zero-order valence-corrected chi connectivity index (χ0v) is 22.0. The van der Waals surface area contributed by atoms with Gasteiger partial charge >= 0.3 is 18.4 Å². The van der Waals surface area contributed by atoms with E-state index < -0.39 is 48.1 Å². The third kappa shape index (κ3) is 6.28. The Balaban J connectivity index is 2.13. The summed E-state index contributed by atoms with van der Waals surface area (Å²) >= 11 is 0. The predicted molar refractivity (Wildman–Crippen MR) is 128 cm³/mol. The van der Waals surface area contributed by atoms with Crippen LogP contribution in [0.15, 0.2) is 30.9 Å². The molecule has 3 aromatic heterocycles. The molecule has 2 atom stereocenters. The Labute approximate surface area is 220 Å². The molecule has 0 unspecified atom stereocenters. The number of alkyl halides is 6. The highest BCUT2D eigenvalue weighted by Gasteiger charge is 2.51. The van der Waals surface area contributed by atoms with Gasteiger partial charge in [-0.2, -0.15) is 26.3 Å². The summed E-state index contributed by atoms with van der Waals surface area (Å²) in [7, 11) is 2.63. The van der Waals surface area contributed by atoms with Gasteiger partial charge in [-0.15, -0.1) is 0 Å². The summed E-state index contributed by atoms with van der Waals surface area (Å²) in [6.07, 6.45) is -4.44. The largest absolute Gasteiger partial charge is 0.494 e. The molecule has 15 heteroatoms. The number of amides is 2. The molecule has 3 rings (SSSR count). The monoisotopic (exact) mass is 562 g/mol. The number of urea groups is 1. The smallest absolute Gasteiger partial charge is 0.414 e. The van der Waals surface area contributed by atoms with Crippen LogP contribution in [-0.4, -0.2) is 69.4 Å². The van der Waals surface area contributed by atoms with Gasteiger partial charge in [0.05, 0.1) is 31.8 Å². The first kappa shape index (κ1) is 29.8. The molecule has 0 bridgehead atoms. The van der Waals surface area contributed by atoms with Crippen molar-refractivity contribution in [1.82, 2.24) is 29.6 Å². The fourth-order valence-electron chi connectivity index (χ4n) is 4.08. The average molecular weight is 563 g/mol. The van der Waals surface area contributed by atoms with Gasteiger partial charge in [0.15, 0.2) is 11.7 Å². The molecular formula is C24H28F6N6O3. The molecule has 9 nitrogen and oxygen atoms in total. The minimum Gasteiger partial charge on any atom is -0.494 e. The highest BCUT2D eigenvalue weighted by molar-refractivity contribution is 5.76.